The van der Waals surface area contributed by atoms with Crippen LogP contribution in [0.5, 0.6) is 0 Å². The minimum absolute atomic E-state index is 0.177. The molecule has 1 amide bonds. The van der Waals surface area contributed by atoms with E-state index in [1.807, 2.05) is 0 Å². The lowest BCUT2D eigenvalue weighted by molar-refractivity contribution is -0.121. The van der Waals surface area contributed by atoms with Crippen molar-refractivity contribution in [2.45, 2.75) is 18.4 Å². The van der Waals surface area contributed by atoms with Crippen molar-refractivity contribution in [1.29, 1.82) is 0 Å². The van der Waals surface area contributed by atoms with Gasteiger partial charge in [-0.3, -0.25) is 4.79 Å². The number of primary amides is 1. The average molecular weight is 319 g/mol. The minimum atomic E-state index is -4.01. The first-order valence-corrected chi connectivity index (χ1v) is 8.03. The summed E-state index contributed by atoms with van der Waals surface area (Å²) in [5.74, 6) is -1.58. The van der Waals surface area contributed by atoms with Crippen LogP contribution in [0.1, 0.15) is 6.92 Å². The highest BCUT2D eigenvalue weighted by Gasteiger charge is 2.21. The summed E-state index contributed by atoms with van der Waals surface area (Å²) in [6.45, 7) is 1.80. The SMILES string of the molecule is CC(Cn1cc(S(=O)(=O)Cl)c2cc(F)ccc21)C(N)=O. The van der Waals surface area contributed by atoms with Crippen molar-refractivity contribution >= 4 is 36.5 Å². The number of benzene rings is 1. The predicted octanol–water partition coefficient (Wildman–Crippen LogP) is 1.83. The van der Waals surface area contributed by atoms with Gasteiger partial charge in [-0.05, 0) is 18.2 Å². The van der Waals surface area contributed by atoms with Gasteiger partial charge in [-0.2, -0.15) is 0 Å². The van der Waals surface area contributed by atoms with Crippen LogP contribution in [0.25, 0.3) is 10.9 Å². The Labute approximate surface area is 119 Å². The Balaban J connectivity index is 2.65. The normalized spacial score (nSPS) is 13.6. The van der Waals surface area contributed by atoms with Crippen molar-refractivity contribution in [3.63, 3.8) is 0 Å². The van der Waals surface area contributed by atoms with E-state index in [1.54, 1.807) is 6.92 Å². The highest BCUT2D eigenvalue weighted by Crippen LogP contribution is 2.29. The Bertz CT molecular complexity index is 785. The molecule has 1 unspecified atom stereocenters. The Morgan fingerprint density at radius 3 is 2.70 bits per heavy atom. The Morgan fingerprint density at radius 2 is 2.15 bits per heavy atom. The first kappa shape index (κ1) is 14.8. The van der Waals surface area contributed by atoms with Gasteiger partial charge in [-0.1, -0.05) is 6.92 Å². The van der Waals surface area contributed by atoms with Crippen LogP contribution >= 0.6 is 10.7 Å². The smallest absolute Gasteiger partial charge is 0.263 e. The summed E-state index contributed by atoms with van der Waals surface area (Å²) >= 11 is 0. The molecule has 1 aromatic heterocycles. The number of nitrogens with zero attached hydrogens (tertiary/aromatic N) is 1. The van der Waals surface area contributed by atoms with E-state index in [-0.39, 0.29) is 16.8 Å². The maximum absolute atomic E-state index is 13.3. The van der Waals surface area contributed by atoms with Crippen molar-refractivity contribution in [1.82, 2.24) is 4.57 Å². The number of rotatable bonds is 4. The number of carbonyl (C=O) groups excluding carboxylic acids is 1. The van der Waals surface area contributed by atoms with Gasteiger partial charge in [0.15, 0.2) is 0 Å². The molecule has 108 valence electrons. The first-order valence-electron chi connectivity index (χ1n) is 5.72. The molecule has 2 rings (SSSR count). The zero-order valence-corrected chi connectivity index (χ0v) is 12.1. The number of fused-ring (bicyclic) bond motifs is 1. The van der Waals surface area contributed by atoms with Crippen LogP contribution < -0.4 is 5.73 Å². The first-order chi connectivity index (χ1) is 9.20. The van der Waals surface area contributed by atoms with Gasteiger partial charge in [0.25, 0.3) is 9.05 Å². The molecule has 0 fully saturated rings. The molecule has 0 aliphatic rings. The zero-order valence-electron chi connectivity index (χ0n) is 10.5. The van der Waals surface area contributed by atoms with E-state index in [0.717, 1.165) is 6.07 Å². The summed E-state index contributed by atoms with van der Waals surface area (Å²) in [5.41, 5.74) is 5.66. The molecule has 0 saturated heterocycles. The topological polar surface area (TPSA) is 82.2 Å². The van der Waals surface area contributed by atoms with Gasteiger partial charge < -0.3 is 10.3 Å². The van der Waals surface area contributed by atoms with Crippen LogP contribution in [0, 0.1) is 11.7 Å². The fourth-order valence-electron chi connectivity index (χ4n) is 1.97. The summed E-state index contributed by atoms with van der Waals surface area (Å²) in [4.78, 5) is 10.9. The lowest BCUT2D eigenvalue weighted by Gasteiger charge is -2.09. The van der Waals surface area contributed by atoms with E-state index < -0.39 is 26.7 Å². The second-order valence-electron chi connectivity index (χ2n) is 4.55. The summed E-state index contributed by atoms with van der Waals surface area (Å²) in [7, 11) is 1.33. The van der Waals surface area contributed by atoms with E-state index in [0.29, 0.717) is 5.52 Å². The summed E-state index contributed by atoms with van der Waals surface area (Å²) < 4.78 is 37.9. The molecular weight excluding hydrogens is 307 g/mol. The second-order valence-corrected chi connectivity index (χ2v) is 7.08. The Morgan fingerprint density at radius 1 is 1.50 bits per heavy atom. The molecule has 0 radical (unpaired) electrons. The van der Waals surface area contributed by atoms with E-state index >= 15 is 0 Å². The molecule has 0 aliphatic heterocycles. The third-order valence-corrected chi connectivity index (χ3v) is 4.37. The van der Waals surface area contributed by atoms with Crippen molar-refractivity contribution in [3.05, 3.63) is 30.2 Å². The molecule has 1 atom stereocenters. The number of hydrogen-bond donors (Lipinski definition) is 1. The lowest BCUT2D eigenvalue weighted by atomic mass is 10.1. The lowest BCUT2D eigenvalue weighted by Crippen LogP contribution is -2.24. The van der Waals surface area contributed by atoms with Crippen molar-refractivity contribution in [3.8, 4) is 0 Å². The molecule has 0 saturated carbocycles. The van der Waals surface area contributed by atoms with Crippen LogP contribution in [0.2, 0.25) is 0 Å². The van der Waals surface area contributed by atoms with Gasteiger partial charge in [-0.25, -0.2) is 12.8 Å². The van der Waals surface area contributed by atoms with E-state index in [9.17, 15) is 17.6 Å². The minimum Gasteiger partial charge on any atom is -0.369 e. The van der Waals surface area contributed by atoms with Gasteiger partial charge in [0.2, 0.25) is 5.91 Å². The van der Waals surface area contributed by atoms with E-state index in [4.69, 9.17) is 16.4 Å². The van der Waals surface area contributed by atoms with E-state index in [1.165, 1.54) is 22.9 Å². The number of nitrogens with two attached hydrogens (primary N) is 1. The van der Waals surface area contributed by atoms with E-state index in [2.05, 4.69) is 0 Å². The van der Waals surface area contributed by atoms with Crippen molar-refractivity contribution in [2.24, 2.45) is 11.7 Å². The van der Waals surface area contributed by atoms with Crippen LogP contribution in [0.4, 0.5) is 4.39 Å². The number of aromatic nitrogens is 1. The molecule has 0 aliphatic carbocycles. The molecule has 20 heavy (non-hydrogen) atoms. The van der Waals surface area contributed by atoms with Gasteiger partial charge >= 0.3 is 0 Å². The summed E-state index contributed by atoms with van der Waals surface area (Å²) in [6, 6.07) is 3.73. The molecule has 1 aromatic carbocycles. The third-order valence-electron chi connectivity index (χ3n) is 3.03. The Hall–Kier alpha value is -1.60. The number of halogens is 2. The quantitative estimate of drug-likeness (QED) is 0.873. The fourth-order valence-corrected chi connectivity index (χ4v) is 3.02. The number of carbonyl (C=O) groups is 1. The van der Waals surface area contributed by atoms with Gasteiger partial charge in [0.05, 0.1) is 5.92 Å². The van der Waals surface area contributed by atoms with Gasteiger partial charge in [0, 0.05) is 34.3 Å². The van der Waals surface area contributed by atoms with Crippen LogP contribution in [-0.2, 0) is 20.4 Å². The molecule has 2 N–H and O–H groups in total. The van der Waals surface area contributed by atoms with Gasteiger partial charge in [0.1, 0.15) is 10.7 Å². The molecule has 1 heterocycles. The third kappa shape index (κ3) is 2.78. The highest BCUT2D eigenvalue weighted by atomic mass is 35.7. The van der Waals surface area contributed by atoms with Crippen LogP contribution in [-0.4, -0.2) is 18.9 Å². The summed E-state index contributed by atoms with van der Waals surface area (Å²) in [5, 5.41) is 0.177. The van der Waals surface area contributed by atoms with Gasteiger partial charge in [-0.15, -0.1) is 0 Å². The zero-order chi connectivity index (χ0) is 15.1. The Kier molecular flexibility index (Phi) is 3.75. The molecular formula is C12H12ClFN2O3S. The maximum Gasteiger partial charge on any atom is 0.263 e. The maximum atomic E-state index is 13.3. The van der Waals surface area contributed by atoms with Crippen LogP contribution in [0.3, 0.4) is 0 Å². The standard InChI is InChI=1S/C12H12ClFN2O3S/c1-7(12(15)17)5-16-6-11(20(13,18)19)9-4-8(14)2-3-10(9)16/h2-4,6-7H,5H2,1H3,(H2,15,17). The molecule has 8 heteroatoms. The second kappa shape index (κ2) is 5.06. The fraction of sp³-hybridized carbons (Fsp3) is 0.250. The predicted molar refractivity (Wildman–Crippen MR) is 73.3 cm³/mol. The number of amides is 1. The number of hydrogen-bond acceptors (Lipinski definition) is 3. The summed E-state index contributed by atoms with van der Waals surface area (Å²) in [6.07, 6.45) is 1.28. The van der Waals surface area contributed by atoms with Crippen molar-refractivity contribution in [2.75, 3.05) is 0 Å². The highest BCUT2D eigenvalue weighted by molar-refractivity contribution is 8.14. The van der Waals surface area contributed by atoms with Crippen molar-refractivity contribution < 1.29 is 17.6 Å². The van der Waals surface area contributed by atoms with Crippen LogP contribution in [0.15, 0.2) is 29.3 Å². The largest absolute Gasteiger partial charge is 0.369 e. The monoisotopic (exact) mass is 318 g/mol. The average Bonchev–Trinajstić information content (AvgIpc) is 2.66. The molecule has 2 aromatic rings. The molecule has 0 spiro atoms. The molecule has 0 bridgehead atoms. The molecule has 5 nitrogen and oxygen atoms in total.